The van der Waals surface area contributed by atoms with Crippen LogP contribution in [0.4, 0.5) is 0 Å². The van der Waals surface area contributed by atoms with Crippen LogP contribution < -0.4 is 20.7 Å². The van der Waals surface area contributed by atoms with E-state index in [1.165, 1.54) is 58.8 Å². The predicted octanol–water partition coefficient (Wildman–Crippen LogP) is 12.8. The van der Waals surface area contributed by atoms with Gasteiger partial charge in [0.15, 0.2) is 8.07 Å². The van der Waals surface area contributed by atoms with E-state index in [9.17, 15) is 0 Å². The first-order valence-electron chi connectivity index (χ1n) is 22.0. The Balaban J connectivity index is 1.08. The van der Waals surface area contributed by atoms with Gasteiger partial charge in [-0.25, -0.2) is 0 Å². The van der Waals surface area contributed by atoms with Gasteiger partial charge in [0.2, 0.25) is 0 Å². The Kier molecular flexibility index (Phi) is 8.23. The summed E-state index contributed by atoms with van der Waals surface area (Å²) in [6.45, 7) is 0. The molecule has 0 spiro atoms. The van der Waals surface area contributed by atoms with Crippen LogP contribution in [0.1, 0.15) is 0 Å². The van der Waals surface area contributed by atoms with E-state index >= 15 is 0 Å². The number of rotatable bonds is 7. The van der Waals surface area contributed by atoms with Crippen LogP contribution in [0, 0.1) is 0 Å². The van der Waals surface area contributed by atoms with Crippen LogP contribution in [0.2, 0.25) is 0 Å². The molecule has 0 aliphatic heterocycles. The molecule has 10 aromatic carbocycles. The smallest absolute Gasteiger partial charge is 0.179 e. The van der Waals surface area contributed by atoms with Crippen LogP contribution >= 0.6 is 0 Å². The third-order valence-electron chi connectivity index (χ3n) is 13.5. The minimum atomic E-state index is -2.81. The molecular formula is C60H40N2OSi. The molecule has 0 fully saturated rings. The van der Waals surface area contributed by atoms with Crippen LogP contribution in [0.3, 0.4) is 0 Å². The number of furan rings is 1. The summed E-state index contributed by atoms with van der Waals surface area (Å²) in [6.07, 6.45) is 0. The Hall–Kier alpha value is -8.18. The first-order chi connectivity index (χ1) is 31.8. The Labute approximate surface area is 371 Å². The first-order valence-corrected chi connectivity index (χ1v) is 24.0. The molecule has 3 heterocycles. The van der Waals surface area contributed by atoms with E-state index in [1.807, 2.05) is 12.1 Å². The van der Waals surface area contributed by atoms with Crippen molar-refractivity contribution in [2.24, 2.45) is 0 Å². The van der Waals surface area contributed by atoms with Crippen LogP contribution in [0.25, 0.3) is 88.1 Å². The van der Waals surface area contributed by atoms with E-state index in [2.05, 4.69) is 240 Å². The summed E-state index contributed by atoms with van der Waals surface area (Å²) >= 11 is 0. The van der Waals surface area contributed by atoms with E-state index in [0.29, 0.717) is 0 Å². The van der Waals surface area contributed by atoms with Gasteiger partial charge in [0.1, 0.15) is 11.2 Å². The largest absolute Gasteiger partial charge is 0.456 e. The summed E-state index contributed by atoms with van der Waals surface area (Å²) in [5.41, 5.74) is 11.0. The summed E-state index contributed by atoms with van der Waals surface area (Å²) in [5, 5.41) is 12.6. The Morgan fingerprint density at radius 1 is 0.297 bits per heavy atom. The Morgan fingerprint density at radius 2 is 0.781 bits per heavy atom. The first kappa shape index (κ1) is 36.5. The average Bonchev–Trinajstić information content (AvgIpc) is 4.03. The molecule has 0 saturated heterocycles. The molecule has 3 aromatic heterocycles. The number of hydrogen-bond acceptors (Lipinski definition) is 1. The lowest BCUT2D eigenvalue weighted by molar-refractivity contribution is 0.669. The van der Waals surface area contributed by atoms with Crippen molar-refractivity contribution in [3.8, 4) is 22.5 Å². The molecule has 0 aliphatic carbocycles. The molecule has 3 nitrogen and oxygen atoms in total. The number of aromatic nitrogens is 2. The number of benzene rings is 10. The molecule has 4 heteroatoms. The molecule has 0 aliphatic rings. The normalized spacial score (nSPS) is 12.1. The molecule has 13 rings (SSSR count). The monoisotopic (exact) mass is 832 g/mol. The summed E-state index contributed by atoms with van der Waals surface area (Å²) in [4.78, 5) is 0. The second-order valence-corrected chi connectivity index (χ2v) is 20.6. The molecule has 13 aromatic rings. The fraction of sp³-hybridized carbons (Fsp3) is 0. The fourth-order valence-corrected chi connectivity index (χ4v) is 15.5. The van der Waals surface area contributed by atoms with Crippen LogP contribution in [-0.4, -0.2) is 17.2 Å². The second kappa shape index (κ2) is 14.5. The van der Waals surface area contributed by atoms with Gasteiger partial charge in [-0.3, -0.25) is 0 Å². The molecule has 0 unspecified atom stereocenters. The number of nitrogens with zero attached hydrogens (tertiary/aromatic N) is 2. The van der Waals surface area contributed by atoms with Crippen molar-refractivity contribution in [2.45, 2.75) is 0 Å². The van der Waals surface area contributed by atoms with Crippen molar-refractivity contribution in [2.75, 3.05) is 0 Å². The van der Waals surface area contributed by atoms with E-state index < -0.39 is 8.07 Å². The summed E-state index contributed by atoms with van der Waals surface area (Å²) in [5.74, 6) is 0. The lowest BCUT2D eigenvalue weighted by Gasteiger charge is -2.34. The highest BCUT2D eigenvalue weighted by Gasteiger charge is 2.41. The van der Waals surface area contributed by atoms with Crippen LogP contribution in [0.15, 0.2) is 247 Å². The van der Waals surface area contributed by atoms with E-state index in [4.69, 9.17) is 4.42 Å². The molecule has 300 valence electrons. The Morgan fingerprint density at radius 3 is 1.47 bits per heavy atom. The highest BCUT2D eigenvalue weighted by atomic mass is 28.3. The van der Waals surface area contributed by atoms with Crippen molar-refractivity contribution in [3.05, 3.63) is 243 Å². The van der Waals surface area contributed by atoms with Gasteiger partial charge in [0.25, 0.3) is 0 Å². The maximum Gasteiger partial charge on any atom is 0.179 e. The van der Waals surface area contributed by atoms with Gasteiger partial charge >= 0.3 is 0 Å². The van der Waals surface area contributed by atoms with Gasteiger partial charge in [-0.05, 0) is 86.5 Å². The van der Waals surface area contributed by atoms with Crippen molar-refractivity contribution < 1.29 is 4.42 Å². The highest BCUT2D eigenvalue weighted by Crippen LogP contribution is 2.41. The van der Waals surface area contributed by atoms with Gasteiger partial charge in [0, 0.05) is 38.0 Å². The second-order valence-electron chi connectivity index (χ2n) is 16.8. The number of hydrogen-bond donors (Lipinski definition) is 0. The highest BCUT2D eigenvalue weighted by molar-refractivity contribution is 7.19. The van der Waals surface area contributed by atoms with Crippen molar-refractivity contribution in [1.29, 1.82) is 0 Å². The van der Waals surface area contributed by atoms with Gasteiger partial charge in [-0.1, -0.05) is 188 Å². The van der Waals surface area contributed by atoms with E-state index in [0.717, 1.165) is 50.0 Å². The molecular weight excluding hydrogens is 793 g/mol. The number of fused-ring (bicyclic) bond motifs is 9. The molecule has 0 saturated carbocycles. The topological polar surface area (TPSA) is 23.0 Å². The van der Waals surface area contributed by atoms with Gasteiger partial charge in [0.05, 0.1) is 27.8 Å². The quantitative estimate of drug-likeness (QED) is 0.116. The molecule has 64 heavy (non-hydrogen) atoms. The van der Waals surface area contributed by atoms with Gasteiger partial charge < -0.3 is 13.6 Å². The Bertz CT molecular complexity index is 3800. The third-order valence-corrected chi connectivity index (χ3v) is 18.2. The lowest BCUT2D eigenvalue weighted by Crippen LogP contribution is -2.74. The molecule has 0 N–H and O–H groups in total. The molecule has 0 amide bonds. The van der Waals surface area contributed by atoms with Crippen molar-refractivity contribution >= 4 is 94.4 Å². The maximum absolute atomic E-state index is 6.37. The zero-order valence-corrected chi connectivity index (χ0v) is 35.9. The SMILES string of the molecule is c1ccc([Si](c2ccccc2)(c2ccccc2)c2cccc(-n3c4ccccc4c4cccc(-n5c6ccccc6c6ccc(-c7ccc8c(c7)oc7ccccc78)cc65)c43)c2)cc1. The molecule has 0 bridgehead atoms. The van der Waals surface area contributed by atoms with Gasteiger partial charge in [-0.2, -0.15) is 0 Å². The zero-order chi connectivity index (χ0) is 42.2. The summed E-state index contributed by atoms with van der Waals surface area (Å²) in [6, 6.07) is 89.4. The minimum absolute atomic E-state index is 0.898. The predicted molar refractivity (Wildman–Crippen MR) is 271 cm³/mol. The fourth-order valence-electron chi connectivity index (χ4n) is 10.7. The lowest BCUT2D eigenvalue weighted by atomic mass is 10.0. The van der Waals surface area contributed by atoms with Crippen molar-refractivity contribution in [3.63, 3.8) is 0 Å². The summed E-state index contributed by atoms with van der Waals surface area (Å²) in [7, 11) is -2.81. The molecule has 0 radical (unpaired) electrons. The number of para-hydroxylation sites is 4. The minimum Gasteiger partial charge on any atom is -0.456 e. The van der Waals surface area contributed by atoms with E-state index in [-0.39, 0.29) is 0 Å². The standard InChI is InChI=1S/C60H40N2OSi/c1-4-19-44(20-5-1)64(45-21-6-2-7-22-45,46-23-8-3-9-24-46)47-25-16-18-43(40-47)61-54-30-13-11-27-49(54)53-29-17-32-56(60(53)61)62-55-31-14-10-26-48(55)50-36-34-41(38-57(50)62)42-35-37-52-51-28-12-15-33-58(51)63-59(52)39-42/h1-40H. The van der Waals surface area contributed by atoms with Crippen LogP contribution in [-0.2, 0) is 0 Å². The van der Waals surface area contributed by atoms with Gasteiger partial charge in [-0.15, -0.1) is 0 Å². The average molecular weight is 833 g/mol. The molecule has 0 atom stereocenters. The zero-order valence-electron chi connectivity index (χ0n) is 34.9. The van der Waals surface area contributed by atoms with E-state index in [1.54, 1.807) is 0 Å². The van der Waals surface area contributed by atoms with Crippen LogP contribution in [0.5, 0.6) is 0 Å². The summed E-state index contributed by atoms with van der Waals surface area (Å²) < 4.78 is 11.4. The van der Waals surface area contributed by atoms with Crippen molar-refractivity contribution in [1.82, 2.24) is 9.13 Å². The maximum atomic E-state index is 6.37. The third kappa shape index (κ3) is 5.39.